The molecule has 6 heteroatoms. The molecule has 1 aliphatic heterocycles. The largest absolute Gasteiger partial charge is 0.494 e. The van der Waals surface area contributed by atoms with E-state index in [0.717, 1.165) is 40.6 Å². The summed E-state index contributed by atoms with van der Waals surface area (Å²) in [6.07, 6.45) is 2.05. The third-order valence-corrected chi connectivity index (χ3v) is 5.21. The van der Waals surface area contributed by atoms with Crippen molar-refractivity contribution in [1.29, 1.82) is 0 Å². The van der Waals surface area contributed by atoms with Crippen LogP contribution in [0, 0.1) is 5.82 Å². The molecule has 29 heavy (non-hydrogen) atoms. The molecular weight excluding hydrogens is 371 g/mol. The van der Waals surface area contributed by atoms with Gasteiger partial charge in [-0.25, -0.2) is 4.39 Å². The molecule has 0 spiro atoms. The van der Waals surface area contributed by atoms with Crippen LogP contribution in [-0.2, 0) is 6.54 Å². The average Bonchev–Trinajstić information content (AvgIpc) is 3.15. The highest BCUT2D eigenvalue weighted by molar-refractivity contribution is 5.56. The zero-order valence-electron chi connectivity index (χ0n) is 16.9. The number of nitrogens with two attached hydrogens (primary N) is 1. The molecule has 1 atom stereocenters. The molecular formula is C23H26FN2O3+. The van der Waals surface area contributed by atoms with Gasteiger partial charge in [0.1, 0.15) is 6.54 Å². The van der Waals surface area contributed by atoms with Crippen LogP contribution in [0.25, 0.3) is 5.69 Å². The van der Waals surface area contributed by atoms with Gasteiger partial charge in [-0.2, -0.15) is 0 Å². The molecule has 0 amide bonds. The number of hydrogen-bond acceptors (Lipinski definition) is 3. The SMILES string of the molecule is CCOc1cc2c(cc1OCC)-n1cccc1[C@@H](c1ccc(F)c(OC)c1)[NH2+]C2. The summed E-state index contributed by atoms with van der Waals surface area (Å²) in [4.78, 5) is 0. The van der Waals surface area contributed by atoms with Gasteiger partial charge in [0.2, 0.25) is 0 Å². The Bertz CT molecular complexity index is 1020. The van der Waals surface area contributed by atoms with Gasteiger partial charge in [-0.3, -0.25) is 0 Å². The van der Waals surface area contributed by atoms with Crippen LogP contribution in [0.3, 0.4) is 0 Å². The fraction of sp³-hybridized carbons (Fsp3) is 0.304. The molecule has 152 valence electrons. The van der Waals surface area contributed by atoms with Crippen LogP contribution in [-0.4, -0.2) is 24.9 Å². The van der Waals surface area contributed by atoms with E-state index >= 15 is 0 Å². The smallest absolute Gasteiger partial charge is 0.165 e. The summed E-state index contributed by atoms with van der Waals surface area (Å²) in [5.41, 5.74) is 4.34. The molecule has 2 N–H and O–H groups in total. The number of fused-ring (bicyclic) bond motifs is 3. The Morgan fingerprint density at radius 3 is 2.52 bits per heavy atom. The second-order valence-corrected chi connectivity index (χ2v) is 6.91. The van der Waals surface area contributed by atoms with Crippen molar-refractivity contribution >= 4 is 0 Å². The quantitative estimate of drug-likeness (QED) is 0.692. The van der Waals surface area contributed by atoms with Crippen molar-refractivity contribution < 1.29 is 23.9 Å². The molecule has 3 aromatic rings. The third-order valence-electron chi connectivity index (χ3n) is 5.21. The number of ether oxygens (including phenoxy) is 3. The number of aromatic nitrogens is 1. The normalized spacial score (nSPS) is 15.2. The van der Waals surface area contributed by atoms with Crippen molar-refractivity contribution in [2.75, 3.05) is 20.3 Å². The molecule has 4 rings (SSSR count). The molecule has 2 heterocycles. The number of halogens is 1. The van der Waals surface area contributed by atoms with E-state index in [1.165, 1.54) is 13.2 Å². The molecule has 0 saturated heterocycles. The number of hydrogen-bond donors (Lipinski definition) is 1. The van der Waals surface area contributed by atoms with Gasteiger partial charge < -0.3 is 24.1 Å². The lowest BCUT2D eigenvalue weighted by Crippen LogP contribution is -2.83. The molecule has 0 bridgehead atoms. The topological polar surface area (TPSA) is 49.2 Å². The fourth-order valence-electron chi connectivity index (χ4n) is 3.92. The van der Waals surface area contributed by atoms with Crippen molar-refractivity contribution in [2.24, 2.45) is 0 Å². The second kappa shape index (κ2) is 8.17. The summed E-state index contributed by atoms with van der Waals surface area (Å²) in [6.45, 7) is 5.84. The fourth-order valence-corrected chi connectivity index (χ4v) is 3.92. The molecule has 0 fully saturated rings. The minimum absolute atomic E-state index is 0.0120. The molecule has 0 radical (unpaired) electrons. The lowest BCUT2D eigenvalue weighted by molar-refractivity contribution is -0.702. The maximum absolute atomic E-state index is 13.9. The number of rotatable bonds is 6. The maximum atomic E-state index is 13.9. The average molecular weight is 397 g/mol. The number of nitrogens with zero attached hydrogens (tertiary/aromatic N) is 1. The first-order valence-electron chi connectivity index (χ1n) is 9.93. The van der Waals surface area contributed by atoms with Crippen molar-refractivity contribution in [2.45, 2.75) is 26.4 Å². The van der Waals surface area contributed by atoms with Gasteiger partial charge >= 0.3 is 0 Å². The minimum Gasteiger partial charge on any atom is -0.494 e. The first-order chi connectivity index (χ1) is 14.2. The van der Waals surface area contributed by atoms with Gasteiger partial charge in [-0.05, 0) is 50.2 Å². The molecule has 0 saturated carbocycles. The third kappa shape index (κ3) is 3.56. The highest BCUT2D eigenvalue weighted by Crippen LogP contribution is 2.36. The van der Waals surface area contributed by atoms with Crippen LogP contribution < -0.4 is 19.5 Å². The van der Waals surface area contributed by atoms with Crippen LogP contribution in [0.15, 0.2) is 48.7 Å². The summed E-state index contributed by atoms with van der Waals surface area (Å²) in [7, 11) is 1.49. The summed E-state index contributed by atoms with van der Waals surface area (Å²) in [5.74, 6) is 1.41. The first-order valence-corrected chi connectivity index (χ1v) is 9.93. The van der Waals surface area contributed by atoms with Crippen molar-refractivity contribution in [1.82, 2.24) is 4.57 Å². The van der Waals surface area contributed by atoms with E-state index in [1.54, 1.807) is 6.07 Å². The minimum atomic E-state index is -0.355. The predicted octanol–water partition coefficient (Wildman–Crippen LogP) is 3.59. The first kappa shape index (κ1) is 19.3. The van der Waals surface area contributed by atoms with E-state index in [9.17, 15) is 4.39 Å². The Morgan fingerprint density at radius 1 is 1.03 bits per heavy atom. The number of benzene rings is 2. The van der Waals surface area contributed by atoms with E-state index in [0.29, 0.717) is 13.2 Å². The molecule has 1 aromatic heterocycles. The number of quaternary nitrogens is 1. The summed E-state index contributed by atoms with van der Waals surface area (Å²) >= 11 is 0. The van der Waals surface area contributed by atoms with Gasteiger partial charge in [0.25, 0.3) is 0 Å². The molecule has 5 nitrogen and oxygen atoms in total. The molecule has 2 aromatic carbocycles. The van der Waals surface area contributed by atoms with E-state index in [1.807, 2.05) is 26.0 Å². The Balaban J connectivity index is 1.81. The van der Waals surface area contributed by atoms with Crippen LogP contribution in [0.2, 0.25) is 0 Å². The summed E-state index contributed by atoms with van der Waals surface area (Å²) in [6, 6.07) is 13.3. The molecule has 0 aliphatic carbocycles. The molecule has 0 unspecified atom stereocenters. The monoisotopic (exact) mass is 397 g/mol. The van der Waals surface area contributed by atoms with Crippen LogP contribution in [0.1, 0.15) is 36.7 Å². The zero-order valence-corrected chi connectivity index (χ0v) is 16.9. The van der Waals surface area contributed by atoms with Crippen LogP contribution in [0.5, 0.6) is 17.2 Å². The van der Waals surface area contributed by atoms with Crippen molar-refractivity contribution in [3.05, 3.63) is 71.3 Å². The maximum Gasteiger partial charge on any atom is 0.165 e. The predicted molar refractivity (Wildman–Crippen MR) is 109 cm³/mol. The highest BCUT2D eigenvalue weighted by atomic mass is 19.1. The van der Waals surface area contributed by atoms with Crippen molar-refractivity contribution in [3.8, 4) is 22.9 Å². The molecule has 1 aliphatic rings. The van der Waals surface area contributed by atoms with Gasteiger partial charge in [0, 0.05) is 23.4 Å². The van der Waals surface area contributed by atoms with E-state index in [2.05, 4.69) is 34.3 Å². The standard InChI is InChI=1S/C23H25FN2O3/c1-4-28-21-12-16-14-25-23(15-8-9-17(24)20(11-15)27-3)18-7-6-10-26(18)19(16)13-22(21)29-5-2/h6-13,23,25H,4-5,14H2,1-3H3/p+1/t23-/m1/s1. The van der Waals surface area contributed by atoms with Gasteiger partial charge in [0.05, 0.1) is 31.7 Å². The van der Waals surface area contributed by atoms with Crippen LogP contribution in [0.4, 0.5) is 4.39 Å². The lowest BCUT2D eigenvalue weighted by Gasteiger charge is -2.16. The number of methoxy groups -OCH3 is 1. The Morgan fingerprint density at radius 2 is 1.79 bits per heavy atom. The Kier molecular flexibility index (Phi) is 5.45. The van der Waals surface area contributed by atoms with Gasteiger partial charge in [0.15, 0.2) is 29.1 Å². The zero-order chi connectivity index (χ0) is 20.4. The van der Waals surface area contributed by atoms with Crippen LogP contribution >= 0.6 is 0 Å². The Labute approximate surface area is 170 Å². The van der Waals surface area contributed by atoms with Gasteiger partial charge in [-0.15, -0.1) is 0 Å². The van der Waals surface area contributed by atoms with Gasteiger partial charge in [-0.1, -0.05) is 0 Å². The summed E-state index contributed by atoms with van der Waals surface area (Å²) in [5, 5.41) is 2.25. The van der Waals surface area contributed by atoms with E-state index in [-0.39, 0.29) is 17.6 Å². The second-order valence-electron chi connectivity index (χ2n) is 6.91. The Hall–Kier alpha value is -2.99. The lowest BCUT2D eigenvalue weighted by atomic mass is 10.0. The highest BCUT2D eigenvalue weighted by Gasteiger charge is 2.28. The van der Waals surface area contributed by atoms with Crippen molar-refractivity contribution in [3.63, 3.8) is 0 Å². The van der Waals surface area contributed by atoms with E-state index in [4.69, 9.17) is 14.2 Å². The van der Waals surface area contributed by atoms with E-state index < -0.39 is 0 Å². The summed E-state index contributed by atoms with van der Waals surface area (Å²) < 4.78 is 33.0.